The number of nitrogens with zero attached hydrogens (tertiary/aromatic N) is 2. The summed E-state index contributed by atoms with van der Waals surface area (Å²) in [6.07, 6.45) is 1.64. The second-order valence-electron chi connectivity index (χ2n) is 4.73. The number of nitrogens with one attached hydrogen (secondary N) is 2. The zero-order chi connectivity index (χ0) is 16.7. The molecule has 0 bridgehead atoms. The molecule has 2 N–H and O–H groups in total. The first-order chi connectivity index (χ1) is 11.0. The van der Waals surface area contributed by atoms with Gasteiger partial charge in [-0.25, -0.2) is 10.4 Å². The fourth-order valence-corrected chi connectivity index (χ4v) is 1.83. The molecule has 2 rings (SSSR count). The van der Waals surface area contributed by atoms with E-state index in [-0.39, 0.29) is 18.2 Å². The lowest BCUT2D eigenvalue weighted by atomic mass is 10.2. The zero-order valence-electron chi connectivity index (χ0n) is 12.4. The predicted molar refractivity (Wildman–Crippen MR) is 89.5 cm³/mol. The average molecular weight is 331 g/mol. The van der Waals surface area contributed by atoms with Gasteiger partial charge in [0.15, 0.2) is 0 Å². The maximum atomic E-state index is 11.9. The highest BCUT2D eigenvalue weighted by Gasteiger charge is 2.07. The van der Waals surface area contributed by atoms with Gasteiger partial charge in [0.1, 0.15) is 5.82 Å². The van der Waals surface area contributed by atoms with Gasteiger partial charge in [-0.1, -0.05) is 17.7 Å². The van der Waals surface area contributed by atoms with Crippen LogP contribution in [0.3, 0.4) is 0 Å². The van der Waals surface area contributed by atoms with E-state index >= 15 is 0 Å². The van der Waals surface area contributed by atoms with Crippen molar-refractivity contribution in [3.63, 3.8) is 0 Å². The maximum Gasteiger partial charge on any atom is 0.271 e. The van der Waals surface area contributed by atoms with E-state index in [1.54, 1.807) is 55.6 Å². The van der Waals surface area contributed by atoms with Crippen molar-refractivity contribution < 1.29 is 9.59 Å². The predicted octanol–water partition coefficient (Wildman–Crippen LogP) is 2.87. The number of halogens is 1. The highest BCUT2D eigenvalue weighted by molar-refractivity contribution is 6.30. The highest BCUT2D eigenvalue weighted by atomic mass is 35.5. The minimum Gasteiger partial charge on any atom is -0.310 e. The molecule has 2 aromatic rings. The smallest absolute Gasteiger partial charge is 0.271 e. The van der Waals surface area contributed by atoms with E-state index in [1.165, 1.54) is 0 Å². The molecule has 0 aliphatic rings. The van der Waals surface area contributed by atoms with E-state index in [1.807, 2.05) is 0 Å². The molecule has 0 saturated carbocycles. The lowest BCUT2D eigenvalue weighted by Gasteiger charge is -2.04. The quantitative estimate of drug-likeness (QED) is 0.653. The third kappa shape index (κ3) is 5.52. The number of amides is 2. The first kappa shape index (κ1) is 16.6. The molecule has 1 heterocycles. The van der Waals surface area contributed by atoms with Crippen molar-refractivity contribution >= 4 is 34.9 Å². The average Bonchev–Trinajstić information content (AvgIpc) is 2.54. The number of carbonyl (C=O) groups is 2. The molecule has 23 heavy (non-hydrogen) atoms. The number of hydrogen-bond donors (Lipinski definition) is 2. The van der Waals surface area contributed by atoms with Crippen LogP contribution < -0.4 is 10.7 Å². The first-order valence-corrected chi connectivity index (χ1v) is 7.22. The Morgan fingerprint density at radius 1 is 1.17 bits per heavy atom. The number of anilines is 1. The van der Waals surface area contributed by atoms with Crippen LogP contribution in [0.5, 0.6) is 0 Å². The Kier molecular flexibility index (Phi) is 5.82. The highest BCUT2D eigenvalue weighted by Crippen LogP contribution is 2.09. The van der Waals surface area contributed by atoms with E-state index in [0.29, 0.717) is 22.1 Å². The van der Waals surface area contributed by atoms with Crippen LogP contribution in [0.25, 0.3) is 0 Å². The number of hydrazone groups is 1. The normalized spacial score (nSPS) is 11.0. The summed E-state index contributed by atoms with van der Waals surface area (Å²) in [4.78, 5) is 27.7. The van der Waals surface area contributed by atoms with Gasteiger partial charge in [-0.05, 0) is 43.3 Å². The molecular formula is C16H15ClN4O2. The van der Waals surface area contributed by atoms with Crippen molar-refractivity contribution in [2.45, 2.75) is 13.3 Å². The molecule has 7 heteroatoms. The summed E-state index contributed by atoms with van der Waals surface area (Å²) in [6, 6.07) is 11.6. The van der Waals surface area contributed by atoms with Gasteiger partial charge in [-0.3, -0.25) is 9.59 Å². The van der Waals surface area contributed by atoms with E-state index in [0.717, 1.165) is 0 Å². The Hall–Kier alpha value is -2.73. The van der Waals surface area contributed by atoms with E-state index in [2.05, 4.69) is 20.8 Å². The molecule has 0 radical (unpaired) electrons. The lowest BCUT2D eigenvalue weighted by molar-refractivity contribution is -0.115. The van der Waals surface area contributed by atoms with Crippen LogP contribution in [-0.4, -0.2) is 22.5 Å². The van der Waals surface area contributed by atoms with Gasteiger partial charge in [-0.2, -0.15) is 5.10 Å². The summed E-state index contributed by atoms with van der Waals surface area (Å²) in [6.45, 7) is 1.65. The van der Waals surface area contributed by atoms with Crippen LogP contribution in [0.4, 0.5) is 5.82 Å². The Labute approximate surface area is 138 Å². The Bertz CT molecular complexity index is 715. The largest absolute Gasteiger partial charge is 0.310 e. The zero-order valence-corrected chi connectivity index (χ0v) is 13.2. The molecule has 0 atom stereocenters. The first-order valence-electron chi connectivity index (χ1n) is 6.84. The molecule has 0 fully saturated rings. The number of benzene rings is 1. The van der Waals surface area contributed by atoms with E-state index in [9.17, 15) is 9.59 Å². The number of pyridine rings is 1. The number of hydrogen-bond acceptors (Lipinski definition) is 4. The van der Waals surface area contributed by atoms with Crippen molar-refractivity contribution in [3.05, 3.63) is 59.2 Å². The van der Waals surface area contributed by atoms with Gasteiger partial charge in [0.2, 0.25) is 5.91 Å². The second-order valence-corrected chi connectivity index (χ2v) is 5.17. The van der Waals surface area contributed by atoms with Gasteiger partial charge >= 0.3 is 0 Å². The summed E-state index contributed by atoms with van der Waals surface area (Å²) >= 11 is 5.76. The second kappa shape index (κ2) is 8.05. The molecule has 0 unspecified atom stereocenters. The molecule has 0 aliphatic heterocycles. The fraction of sp³-hybridized carbons (Fsp3) is 0.125. The lowest BCUT2D eigenvalue weighted by Crippen LogP contribution is -2.21. The van der Waals surface area contributed by atoms with Crippen molar-refractivity contribution in [2.24, 2.45) is 5.10 Å². The van der Waals surface area contributed by atoms with Crippen molar-refractivity contribution in [2.75, 3.05) is 5.32 Å². The van der Waals surface area contributed by atoms with Gasteiger partial charge in [0.25, 0.3) is 5.91 Å². The topological polar surface area (TPSA) is 83.4 Å². The van der Waals surface area contributed by atoms with Crippen molar-refractivity contribution in [1.29, 1.82) is 0 Å². The Morgan fingerprint density at radius 3 is 2.57 bits per heavy atom. The number of aromatic nitrogens is 1. The van der Waals surface area contributed by atoms with Gasteiger partial charge < -0.3 is 5.32 Å². The molecule has 6 nitrogen and oxygen atoms in total. The minimum atomic E-state index is -0.369. The summed E-state index contributed by atoms with van der Waals surface area (Å²) in [7, 11) is 0. The Morgan fingerprint density at radius 2 is 1.91 bits per heavy atom. The van der Waals surface area contributed by atoms with Crippen molar-refractivity contribution in [1.82, 2.24) is 10.4 Å². The number of carbonyl (C=O) groups excluding carboxylic acids is 2. The SMILES string of the molecule is C/C(CC(=O)Nc1ccccn1)=N/NC(=O)c1ccc(Cl)cc1. The summed E-state index contributed by atoms with van der Waals surface area (Å²) < 4.78 is 0. The summed E-state index contributed by atoms with van der Waals surface area (Å²) in [5.41, 5.74) is 3.30. The van der Waals surface area contributed by atoms with Crippen molar-refractivity contribution in [3.8, 4) is 0 Å². The fourth-order valence-electron chi connectivity index (χ4n) is 1.71. The maximum absolute atomic E-state index is 11.9. The monoisotopic (exact) mass is 330 g/mol. The molecule has 2 amide bonds. The van der Waals surface area contributed by atoms with Crippen LogP contribution in [0.15, 0.2) is 53.8 Å². The van der Waals surface area contributed by atoms with Crippen LogP contribution >= 0.6 is 11.6 Å². The van der Waals surface area contributed by atoms with Crippen LogP contribution in [-0.2, 0) is 4.79 Å². The molecule has 1 aromatic heterocycles. The third-order valence-corrected chi connectivity index (χ3v) is 3.06. The molecule has 0 saturated heterocycles. The van der Waals surface area contributed by atoms with Gasteiger partial charge in [-0.15, -0.1) is 0 Å². The minimum absolute atomic E-state index is 0.0530. The van der Waals surface area contributed by atoms with Crippen LogP contribution in [0, 0.1) is 0 Å². The molecule has 118 valence electrons. The molecular weight excluding hydrogens is 316 g/mol. The van der Waals surface area contributed by atoms with Gasteiger partial charge in [0, 0.05) is 22.5 Å². The van der Waals surface area contributed by atoms with E-state index < -0.39 is 0 Å². The summed E-state index contributed by atoms with van der Waals surface area (Å²) in [5.74, 6) is -0.160. The van der Waals surface area contributed by atoms with E-state index in [4.69, 9.17) is 11.6 Å². The molecule has 0 spiro atoms. The van der Waals surface area contributed by atoms with Crippen LogP contribution in [0.2, 0.25) is 5.02 Å². The molecule has 1 aromatic carbocycles. The van der Waals surface area contributed by atoms with Crippen LogP contribution in [0.1, 0.15) is 23.7 Å². The summed E-state index contributed by atoms with van der Waals surface area (Å²) in [5, 5.41) is 7.10. The standard InChI is InChI=1S/C16H15ClN4O2/c1-11(10-15(22)19-14-4-2-3-9-18-14)20-21-16(23)12-5-7-13(17)8-6-12/h2-9H,10H2,1H3,(H,21,23)(H,18,19,22)/b20-11-. The third-order valence-electron chi connectivity index (χ3n) is 2.80. The Balaban J connectivity index is 1.86. The number of rotatable bonds is 5. The molecule has 0 aliphatic carbocycles. The van der Waals surface area contributed by atoms with Gasteiger partial charge in [0.05, 0.1) is 6.42 Å².